The quantitative estimate of drug-likeness (QED) is 0.904. The van der Waals surface area contributed by atoms with Crippen LogP contribution < -0.4 is 10.2 Å². The molecule has 2 rings (SSSR count). The number of rotatable bonds is 4. The maximum Gasteiger partial charge on any atom is 0.237 e. The van der Waals surface area contributed by atoms with E-state index < -0.39 is 0 Å². The summed E-state index contributed by atoms with van der Waals surface area (Å²) in [5, 5.41) is 3.49. The lowest BCUT2D eigenvalue weighted by Gasteiger charge is -2.37. The topological polar surface area (TPSA) is 61.4 Å². The van der Waals surface area contributed by atoms with Gasteiger partial charge in [-0.25, -0.2) is 9.97 Å². The fourth-order valence-corrected chi connectivity index (χ4v) is 2.45. The van der Waals surface area contributed by atoms with Gasteiger partial charge in [-0.2, -0.15) is 0 Å². The standard InChI is InChI=1S/C14H22ClN5O/c1-10(2)18-13(21)11(3)19-4-6-20(7-5-19)14-16-8-12(15)9-17-14/h8-11H,4-7H2,1-3H3,(H,18,21). The van der Waals surface area contributed by atoms with E-state index in [-0.39, 0.29) is 18.0 Å². The molecule has 1 atom stereocenters. The van der Waals surface area contributed by atoms with E-state index in [0.29, 0.717) is 11.0 Å². The van der Waals surface area contributed by atoms with Crippen LogP contribution in [0.2, 0.25) is 5.02 Å². The molecule has 1 saturated heterocycles. The molecule has 1 aliphatic heterocycles. The van der Waals surface area contributed by atoms with Crippen LogP contribution in [0.1, 0.15) is 20.8 Å². The number of hydrogen-bond acceptors (Lipinski definition) is 5. The van der Waals surface area contributed by atoms with Gasteiger partial charge in [0.2, 0.25) is 11.9 Å². The van der Waals surface area contributed by atoms with Crippen molar-refractivity contribution >= 4 is 23.5 Å². The Morgan fingerprint density at radius 3 is 2.29 bits per heavy atom. The average molecular weight is 312 g/mol. The number of aromatic nitrogens is 2. The van der Waals surface area contributed by atoms with Crippen molar-refractivity contribution < 1.29 is 4.79 Å². The maximum absolute atomic E-state index is 12.0. The van der Waals surface area contributed by atoms with Crippen molar-refractivity contribution in [2.24, 2.45) is 0 Å². The van der Waals surface area contributed by atoms with E-state index in [4.69, 9.17) is 11.6 Å². The Bertz CT molecular complexity index is 471. The van der Waals surface area contributed by atoms with E-state index in [9.17, 15) is 4.79 Å². The summed E-state index contributed by atoms with van der Waals surface area (Å²) in [6, 6.07) is 0.0596. The van der Waals surface area contributed by atoms with Crippen molar-refractivity contribution in [3.63, 3.8) is 0 Å². The molecular formula is C14H22ClN5O. The number of nitrogens with one attached hydrogen (secondary N) is 1. The molecule has 0 radical (unpaired) electrons. The van der Waals surface area contributed by atoms with Gasteiger partial charge < -0.3 is 10.2 Å². The lowest BCUT2D eigenvalue weighted by molar-refractivity contribution is -0.126. The van der Waals surface area contributed by atoms with E-state index in [2.05, 4.69) is 25.1 Å². The molecule has 7 heteroatoms. The highest BCUT2D eigenvalue weighted by molar-refractivity contribution is 6.30. The summed E-state index contributed by atoms with van der Waals surface area (Å²) in [4.78, 5) is 24.8. The summed E-state index contributed by atoms with van der Waals surface area (Å²) in [6.07, 6.45) is 3.21. The third kappa shape index (κ3) is 4.28. The molecule has 0 aromatic carbocycles. The third-order valence-electron chi connectivity index (χ3n) is 3.56. The second-order valence-corrected chi connectivity index (χ2v) is 6.00. The van der Waals surface area contributed by atoms with Crippen molar-refractivity contribution in [3.8, 4) is 0 Å². The number of halogens is 1. The van der Waals surface area contributed by atoms with Gasteiger partial charge in [-0.05, 0) is 20.8 Å². The predicted molar refractivity (Wildman–Crippen MR) is 83.6 cm³/mol. The molecule has 21 heavy (non-hydrogen) atoms. The highest BCUT2D eigenvalue weighted by Gasteiger charge is 2.26. The summed E-state index contributed by atoms with van der Waals surface area (Å²) >= 11 is 5.80. The molecule has 0 spiro atoms. The van der Waals surface area contributed by atoms with Crippen molar-refractivity contribution in [2.45, 2.75) is 32.9 Å². The molecule has 1 amide bonds. The predicted octanol–water partition coefficient (Wildman–Crippen LogP) is 1.17. The molecule has 116 valence electrons. The summed E-state index contributed by atoms with van der Waals surface area (Å²) in [6.45, 7) is 9.15. The fourth-order valence-electron chi connectivity index (χ4n) is 2.35. The minimum atomic E-state index is -0.110. The Hall–Kier alpha value is -1.40. The van der Waals surface area contributed by atoms with Gasteiger partial charge >= 0.3 is 0 Å². The minimum absolute atomic E-state index is 0.0844. The number of piperazine rings is 1. The van der Waals surface area contributed by atoms with Crippen molar-refractivity contribution in [3.05, 3.63) is 17.4 Å². The third-order valence-corrected chi connectivity index (χ3v) is 3.76. The number of nitrogens with zero attached hydrogens (tertiary/aromatic N) is 4. The second-order valence-electron chi connectivity index (χ2n) is 5.56. The normalized spacial score (nSPS) is 17.9. The molecular weight excluding hydrogens is 290 g/mol. The number of anilines is 1. The largest absolute Gasteiger partial charge is 0.353 e. The van der Waals surface area contributed by atoms with Crippen LogP contribution in [-0.4, -0.2) is 59.0 Å². The first-order chi connectivity index (χ1) is 9.97. The molecule has 1 fully saturated rings. The van der Waals surface area contributed by atoms with Crippen molar-refractivity contribution in [1.29, 1.82) is 0 Å². The van der Waals surface area contributed by atoms with Gasteiger partial charge in [-0.1, -0.05) is 11.6 Å². The molecule has 1 aromatic heterocycles. The Kier molecular flexibility index (Phi) is 5.36. The fraction of sp³-hybridized carbons (Fsp3) is 0.643. The van der Waals surface area contributed by atoms with Crippen LogP contribution in [-0.2, 0) is 4.79 Å². The lowest BCUT2D eigenvalue weighted by Crippen LogP contribution is -2.54. The molecule has 0 aliphatic carbocycles. The highest BCUT2D eigenvalue weighted by atomic mass is 35.5. The minimum Gasteiger partial charge on any atom is -0.353 e. The van der Waals surface area contributed by atoms with Crippen LogP contribution in [0.25, 0.3) is 0 Å². The first kappa shape index (κ1) is 16.0. The summed E-state index contributed by atoms with van der Waals surface area (Å²) in [7, 11) is 0. The van der Waals surface area contributed by atoms with Crippen LogP contribution in [0.5, 0.6) is 0 Å². The Balaban J connectivity index is 1.88. The molecule has 0 saturated carbocycles. The van der Waals surface area contributed by atoms with Gasteiger partial charge in [-0.3, -0.25) is 9.69 Å². The zero-order chi connectivity index (χ0) is 15.4. The van der Waals surface area contributed by atoms with Crippen LogP contribution in [0.4, 0.5) is 5.95 Å². The van der Waals surface area contributed by atoms with Crippen LogP contribution >= 0.6 is 11.6 Å². The summed E-state index contributed by atoms with van der Waals surface area (Å²) in [5.74, 6) is 0.777. The molecule has 1 N–H and O–H groups in total. The molecule has 0 bridgehead atoms. The maximum atomic E-state index is 12.0. The SMILES string of the molecule is CC(C)NC(=O)C(C)N1CCN(c2ncc(Cl)cn2)CC1. The van der Waals surface area contributed by atoms with Crippen molar-refractivity contribution in [2.75, 3.05) is 31.1 Å². The number of carbonyl (C=O) groups excluding carboxylic acids is 1. The molecule has 1 aliphatic rings. The number of carbonyl (C=O) groups is 1. The Labute approximate surface area is 130 Å². The summed E-state index contributed by atoms with van der Waals surface area (Å²) < 4.78 is 0. The zero-order valence-corrected chi connectivity index (χ0v) is 13.5. The molecule has 6 nitrogen and oxygen atoms in total. The van der Waals surface area contributed by atoms with E-state index in [1.807, 2.05) is 20.8 Å². The first-order valence-electron chi connectivity index (χ1n) is 7.24. The van der Waals surface area contributed by atoms with E-state index in [0.717, 1.165) is 26.2 Å². The second kappa shape index (κ2) is 7.04. The lowest BCUT2D eigenvalue weighted by atomic mass is 10.2. The van der Waals surface area contributed by atoms with E-state index >= 15 is 0 Å². The van der Waals surface area contributed by atoms with Crippen molar-refractivity contribution in [1.82, 2.24) is 20.2 Å². The number of hydrogen-bond donors (Lipinski definition) is 1. The van der Waals surface area contributed by atoms with Gasteiger partial charge in [0, 0.05) is 32.2 Å². The van der Waals surface area contributed by atoms with Crippen LogP contribution in [0.15, 0.2) is 12.4 Å². The molecule has 2 heterocycles. The van der Waals surface area contributed by atoms with Gasteiger partial charge in [0.05, 0.1) is 23.5 Å². The monoisotopic (exact) mass is 311 g/mol. The smallest absolute Gasteiger partial charge is 0.237 e. The first-order valence-corrected chi connectivity index (χ1v) is 7.62. The van der Waals surface area contributed by atoms with Gasteiger partial charge in [-0.15, -0.1) is 0 Å². The highest BCUT2D eigenvalue weighted by Crippen LogP contribution is 2.14. The molecule has 1 unspecified atom stereocenters. The number of amides is 1. The van der Waals surface area contributed by atoms with Crippen LogP contribution in [0.3, 0.4) is 0 Å². The Morgan fingerprint density at radius 1 is 1.19 bits per heavy atom. The average Bonchev–Trinajstić information content (AvgIpc) is 2.47. The van der Waals surface area contributed by atoms with Gasteiger partial charge in [0.25, 0.3) is 0 Å². The Morgan fingerprint density at radius 2 is 1.76 bits per heavy atom. The van der Waals surface area contributed by atoms with E-state index in [1.54, 1.807) is 12.4 Å². The van der Waals surface area contributed by atoms with E-state index in [1.165, 1.54) is 0 Å². The van der Waals surface area contributed by atoms with Crippen LogP contribution in [0, 0.1) is 0 Å². The summed E-state index contributed by atoms with van der Waals surface area (Å²) in [5.41, 5.74) is 0. The van der Waals surface area contributed by atoms with Gasteiger partial charge in [0.15, 0.2) is 0 Å². The van der Waals surface area contributed by atoms with Gasteiger partial charge in [0.1, 0.15) is 0 Å². The molecule has 1 aromatic rings. The zero-order valence-electron chi connectivity index (χ0n) is 12.7.